The molecule has 0 aromatic rings. The van der Waals surface area contributed by atoms with Crippen molar-refractivity contribution < 1.29 is 0 Å². The topological polar surface area (TPSA) is 0 Å². The zero-order valence-electron chi connectivity index (χ0n) is 7.63. The van der Waals surface area contributed by atoms with Crippen molar-refractivity contribution in [2.24, 2.45) is 17.8 Å². The maximum absolute atomic E-state index is 3.89. The van der Waals surface area contributed by atoms with Gasteiger partial charge in [-0.1, -0.05) is 54.1 Å². The highest BCUT2D eigenvalue weighted by molar-refractivity contribution is 9.10. The van der Waals surface area contributed by atoms with Crippen molar-refractivity contribution in [3.8, 4) is 0 Å². The molecule has 0 amide bonds. The highest BCUT2D eigenvalue weighted by Gasteiger charge is 2.47. The van der Waals surface area contributed by atoms with Gasteiger partial charge in [0.2, 0.25) is 0 Å². The van der Waals surface area contributed by atoms with Crippen molar-refractivity contribution in [3.05, 3.63) is 24.3 Å². The van der Waals surface area contributed by atoms with Crippen LogP contribution in [0.2, 0.25) is 0 Å². The SMILES string of the molecule is CC1CC2C=CC=CC2(Br)C1C. The van der Waals surface area contributed by atoms with Crippen molar-refractivity contribution in [3.63, 3.8) is 0 Å². The summed E-state index contributed by atoms with van der Waals surface area (Å²) in [6.45, 7) is 4.70. The summed E-state index contributed by atoms with van der Waals surface area (Å²) in [5.41, 5.74) is 0. The molecule has 0 N–H and O–H groups in total. The third-order valence-corrected chi connectivity index (χ3v) is 5.13. The van der Waals surface area contributed by atoms with Gasteiger partial charge in [-0.25, -0.2) is 0 Å². The normalized spacial score (nSPS) is 51.1. The molecule has 1 fully saturated rings. The van der Waals surface area contributed by atoms with Crippen LogP contribution in [0.1, 0.15) is 20.3 Å². The number of hydrogen-bond donors (Lipinski definition) is 0. The van der Waals surface area contributed by atoms with Gasteiger partial charge in [0.1, 0.15) is 0 Å². The lowest BCUT2D eigenvalue weighted by molar-refractivity contribution is 0.430. The van der Waals surface area contributed by atoms with Crippen LogP contribution in [0.3, 0.4) is 0 Å². The molecule has 2 aliphatic carbocycles. The average molecular weight is 227 g/mol. The number of allylic oxidation sites excluding steroid dienone is 4. The second-order valence-corrected chi connectivity index (χ2v) is 5.55. The third-order valence-electron chi connectivity index (χ3n) is 3.55. The molecule has 0 saturated heterocycles. The third kappa shape index (κ3) is 1.02. The van der Waals surface area contributed by atoms with Crippen LogP contribution in [0.15, 0.2) is 24.3 Å². The fourth-order valence-electron chi connectivity index (χ4n) is 2.46. The number of rotatable bonds is 0. The maximum Gasteiger partial charge on any atom is 0.0530 e. The van der Waals surface area contributed by atoms with Crippen LogP contribution >= 0.6 is 15.9 Å². The van der Waals surface area contributed by atoms with Crippen LogP contribution in [-0.4, -0.2) is 4.32 Å². The van der Waals surface area contributed by atoms with Crippen LogP contribution in [0, 0.1) is 17.8 Å². The van der Waals surface area contributed by atoms with Crippen LogP contribution < -0.4 is 0 Å². The molecule has 0 nitrogen and oxygen atoms in total. The summed E-state index contributed by atoms with van der Waals surface area (Å²) in [7, 11) is 0. The Balaban J connectivity index is 2.34. The summed E-state index contributed by atoms with van der Waals surface area (Å²) in [4.78, 5) is 0. The lowest BCUT2D eigenvalue weighted by atomic mass is 9.86. The smallest absolute Gasteiger partial charge is 0.0530 e. The fourth-order valence-corrected chi connectivity index (χ4v) is 3.41. The molecule has 0 radical (unpaired) electrons. The predicted molar refractivity (Wildman–Crippen MR) is 56.4 cm³/mol. The lowest BCUT2D eigenvalue weighted by Gasteiger charge is -2.30. The molecule has 2 rings (SSSR count). The Morgan fingerprint density at radius 1 is 1.33 bits per heavy atom. The van der Waals surface area contributed by atoms with Crippen molar-refractivity contribution in [2.45, 2.75) is 24.6 Å². The largest absolute Gasteiger partial charge is 0.0798 e. The monoisotopic (exact) mass is 226 g/mol. The van der Waals surface area contributed by atoms with Gasteiger partial charge >= 0.3 is 0 Å². The molecule has 0 spiro atoms. The highest BCUT2D eigenvalue weighted by Crippen LogP contribution is 2.52. The molecule has 2 aliphatic rings. The van der Waals surface area contributed by atoms with Gasteiger partial charge < -0.3 is 0 Å². The Morgan fingerprint density at radius 3 is 2.75 bits per heavy atom. The minimum absolute atomic E-state index is 0.265. The van der Waals surface area contributed by atoms with Gasteiger partial charge in [-0.15, -0.1) is 0 Å². The second-order valence-electron chi connectivity index (χ2n) is 4.18. The van der Waals surface area contributed by atoms with E-state index in [0.717, 1.165) is 11.8 Å². The number of hydrogen-bond acceptors (Lipinski definition) is 0. The summed E-state index contributed by atoms with van der Waals surface area (Å²) in [6.07, 6.45) is 10.3. The van der Waals surface area contributed by atoms with Gasteiger partial charge in [-0.05, 0) is 24.2 Å². The number of halogens is 1. The Kier molecular flexibility index (Phi) is 1.95. The molecule has 0 aliphatic heterocycles. The van der Waals surface area contributed by atoms with E-state index in [9.17, 15) is 0 Å². The zero-order chi connectivity index (χ0) is 8.77. The molecular weight excluding hydrogens is 212 g/mol. The lowest BCUT2D eigenvalue weighted by Crippen LogP contribution is -2.30. The summed E-state index contributed by atoms with van der Waals surface area (Å²) in [5, 5.41) is 0. The number of alkyl halides is 1. The molecular formula is C11H15Br. The van der Waals surface area contributed by atoms with Crippen molar-refractivity contribution >= 4 is 15.9 Å². The van der Waals surface area contributed by atoms with Gasteiger partial charge in [-0.3, -0.25) is 0 Å². The van der Waals surface area contributed by atoms with Gasteiger partial charge in [0.25, 0.3) is 0 Å². The fraction of sp³-hybridized carbons (Fsp3) is 0.636. The van der Waals surface area contributed by atoms with Crippen molar-refractivity contribution in [2.75, 3.05) is 0 Å². The minimum Gasteiger partial charge on any atom is -0.0798 e. The van der Waals surface area contributed by atoms with Gasteiger partial charge in [0.05, 0.1) is 4.32 Å². The molecule has 12 heavy (non-hydrogen) atoms. The van der Waals surface area contributed by atoms with E-state index in [-0.39, 0.29) is 4.32 Å². The summed E-state index contributed by atoms with van der Waals surface area (Å²) >= 11 is 3.89. The van der Waals surface area contributed by atoms with Crippen molar-refractivity contribution in [1.29, 1.82) is 0 Å². The van der Waals surface area contributed by atoms with Crippen LogP contribution in [-0.2, 0) is 0 Å². The summed E-state index contributed by atoms with van der Waals surface area (Å²) in [5.74, 6) is 2.30. The van der Waals surface area contributed by atoms with E-state index in [1.807, 2.05) is 0 Å². The second kappa shape index (κ2) is 2.73. The zero-order valence-corrected chi connectivity index (χ0v) is 9.21. The molecule has 1 saturated carbocycles. The van der Waals surface area contributed by atoms with E-state index in [4.69, 9.17) is 0 Å². The van der Waals surface area contributed by atoms with Crippen molar-refractivity contribution in [1.82, 2.24) is 0 Å². The van der Waals surface area contributed by atoms with Crippen LogP contribution in [0.5, 0.6) is 0 Å². The quantitative estimate of drug-likeness (QED) is 0.555. The minimum atomic E-state index is 0.265. The molecule has 0 bridgehead atoms. The Labute approximate surface area is 82.9 Å². The summed E-state index contributed by atoms with van der Waals surface area (Å²) < 4.78 is 0.265. The average Bonchev–Trinajstić information content (AvgIpc) is 2.28. The molecule has 0 heterocycles. The Morgan fingerprint density at radius 2 is 2.08 bits per heavy atom. The standard InChI is InChI=1S/C11H15Br/c1-8-7-10-5-3-4-6-11(10,12)9(8)2/h3-6,8-10H,7H2,1-2H3. The van der Waals surface area contributed by atoms with E-state index in [0.29, 0.717) is 5.92 Å². The van der Waals surface area contributed by atoms with Gasteiger partial charge in [0, 0.05) is 0 Å². The molecule has 4 unspecified atom stereocenters. The van der Waals surface area contributed by atoms with E-state index in [1.54, 1.807) is 0 Å². The first-order chi connectivity index (χ1) is 5.64. The van der Waals surface area contributed by atoms with E-state index < -0.39 is 0 Å². The first kappa shape index (κ1) is 8.55. The molecule has 1 heteroatoms. The molecule has 0 aromatic heterocycles. The molecule has 66 valence electrons. The summed E-state index contributed by atoms with van der Waals surface area (Å²) in [6, 6.07) is 0. The number of fused-ring (bicyclic) bond motifs is 1. The first-order valence-corrected chi connectivity index (χ1v) is 5.49. The van der Waals surface area contributed by atoms with Gasteiger partial charge in [0.15, 0.2) is 0 Å². The predicted octanol–water partition coefficient (Wildman–Crippen LogP) is 3.54. The Bertz CT molecular complexity index is 241. The van der Waals surface area contributed by atoms with E-state index in [2.05, 4.69) is 54.1 Å². The van der Waals surface area contributed by atoms with E-state index in [1.165, 1.54) is 6.42 Å². The van der Waals surface area contributed by atoms with E-state index >= 15 is 0 Å². The Hall–Kier alpha value is -0.0400. The van der Waals surface area contributed by atoms with Crippen LogP contribution in [0.25, 0.3) is 0 Å². The first-order valence-electron chi connectivity index (χ1n) is 4.69. The maximum atomic E-state index is 3.89. The molecule has 0 aromatic carbocycles. The highest BCUT2D eigenvalue weighted by atomic mass is 79.9. The van der Waals surface area contributed by atoms with Gasteiger partial charge in [-0.2, -0.15) is 0 Å². The van der Waals surface area contributed by atoms with Crippen LogP contribution in [0.4, 0.5) is 0 Å². The molecule has 4 atom stereocenters.